The average Bonchev–Trinajstić information content (AvgIpc) is 2.45. The zero-order valence-electron chi connectivity index (χ0n) is 12.7. The van der Waals surface area contributed by atoms with Gasteiger partial charge in [0.1, 0.15) is 9.84 Å². The van der Waals surface area contributed by atoms with Crippen LogP contribution in [0.2, 0.25) is 0 Å². The molecular formula is C16H24O3S2. The van der Waals surface area contributed by atoms with Crippen molar-refractivity contribution in [2.75, 3.05) is 12.0 Å². The Hall–Kier alpha value is -0.520. The van der Waals surface area contributed by atoms with Crippen LogP contribution in [0, 0.1) is 12.8 Å². The summed E-state index contributed by atoms with van der Waals surface area (Å²) < 4.78 is 23.4. The molecule has 1 N–H and O–H groups in total. The standard InChI is InChI=1S/C16H24O3S2/c1-12-6-8-14(9-7-12)20-11-16(17)13-4-3-5-15(10-13)21(2,18)19/h6-9,13,15-17H,3-5,10-11H2,1-2H3. The second-order valence-corrected chi connectivity index (χ2v) is 9.49. The minimum absolute atomic E-state index is 0.108. The maximum atomic E-state index is 11.7. The quantitative estimate of drug-likeness (QED) is 0.844. The number of aryl methyl sites for hydroxylation is 1. The highest BCUT2D eigenvalue weighted by molar-refractivity contribution is 7.99. The van der Waals surface area contributed by atoms with Crippen molar-refractivity contribution in [3.8, 4) is 0 Å². The van der Waals surface area contributed by atoms with Crippen molar-refractivity contribution >= 4 is 21.6 Å². The van der Waals surface area contributed by atoms with Crippen LogP contribution < -0.4 is 0 Å². The SMILES string of the molecule is Cc1ccc(SCC(O)C2CCCC(S(C)(=O)=O)C2)cc1. The van der Waals surface area contributed by atoms with E-state index in [1.54, 1.807) is 11.8 Å². The number of rotatable bonds is 5. The van der Waals surface area contributed by atoms with Crippen molar-refractivity contribution in [2.24, 2.45) is 5.92 Å². The molecule has 1 fully saturated rings. The van der Waals surface area contributed by atoms with Crippen molar-refractivity contribution in [2.45, 2.75) is 48.9 Å². The lowest BCUT2D eigenvalue weighted by Crippen LogP contribution is -2.34. The summed E-state index contributed by atoms with van der Waals surface area (Å²) in [4.78, 5) is 1.15. The monoisotopic (exact) mass is 328 g/mol. The van der Waals surface area contributed by atoms with E-state index in [0.717, 1.165) is 24.2 Å². The summed E-state index contributed by atoms with van der Waals surface area (Å²) in [5.41, 5.74) is 1.23. The molecular weight excluding hydrogens is 304 g/mol. The van der Waals surface area contributed by atoms with Crippen LogP contribution in [0.1, 0.15) is 31.2 Å². The maximum Gasteiger partial charge on any atom is 0.150 e. The third-order valence-electron chi connectivity index (χ3n) is 4.26. The van der Waals surface area contributed by atoms with E-state index in [0.29, 0.717) is 12.2 Å². The Balaban J connectivity index is 1.88. The van der Waals surface area contributed by atoms with Crippen molar-refractivity contribution < 1.29 is 13.5 Å². The number of hydrogen-bond donors (Lipinski definition) is 1. The van der Waals surface area contributed by atoms with E-state index in [-0.39, 0.29) is 11.2 Å². The molecule has 0 saturated heterocycles. The molecule has 0 aliphatic heterocycles. The highest BCUT2D eigenvalue weighted by Crippen LogP contribution is 2.32. The molecule has 3 unspecified atom stereocenters. The third-order valence-corrected chi connectivity index (χ3v) is 7.01. The van der Waals surface area contributed by atoms with E-state index in [4.69, 9.17) is 0 Å². The van der Waals surface area contributed by atoms with E-state index in [2.05, 4.69) is 31.2 Å². The minimum atomic E-state index is -2.98. The van der Waals surface area contributed by atoms with Crippen LogP contribution in [-0.4, -0.2) is 36.9 Å². The van der Waals surface area contributed by atoms with Crippen molar-refractivity contribution in [3.63, 3.8) is 0 Å². The van der Waals surface area contributed by atoms with Crippen LogP contribution in [0.5, 0.6) is 0 Å². The normalized spacial score (nSPS) is 24.7. The van der Waals surface area contributed by atoms with Crippen LogP contribution in [0.25, 0.3) is 0 Å². The van der Waals surface area contributed by atoms with Crippen LogP contribution in [0.4, 0.5) is 0 Å². The smallest absolute Gasteiger partial charge is 0.150 e. The summed E-state index contributed by atoms with van der Waals surface area (Å²) in [6.07, 6.45) is 4.06. The highest BCUT2D eigenvalue weighted by Gasteiger charge is 2.32. The van der Waals surface area contributed by atoms with Crippen molar-refractivity contribution in [1.29, 1.82) is 0 Å². The molecule has 0 bridgehead atoms. The van der Waals surface area contributed by atoms with E-state index in [1.165, 1.54) is 11.8 Å². The molecule has 1 aliphatic rings. The fraction of sp³-hybridized carbons (Fsp3) is 0.625. The first kappa shape index (κ1) is 16.8. The van der Waals surface area contributed by atoms with E-state index < -0.39 is 15.9 Å². The molecule has 1 saturated carbocycles. The Morgan fingerprint density at radius 2 is 1.95 bits per heavy atom. The molecule has 1 aliphatic carbocycles. The molecule has 1 aromatic rings. The number of thioether (sulfide) groups is 1. The molecule has 0 amide bonds. The number of aliphatic hydroxyl groups excluding tert-OH is 1. The lowest BCUT2D eigenvalue weighted by Gasteiger charge is -2.31. The van der Waals surface area contributed by atoms with Gasteiger partial charge in [-0.05, 0) is 44.2 Å². The Bertz CT molecular complexity index is 551. The van der Waals surface area contributed by atoms with E-state index in [9.17, 15) is 13.5 Å². The lowest BCUT2D eigenvalue weighted by atomic mass is 9.85. The zero-order chi connectivity index (χ0) is 15.5. The number of sulfone groups is 1. The molecule has 3 nitrogen and oxygen atoms in total. The first-order valence-electron chi connectivity index (χ1n) is 7.42. The second-order valence-electron chi connectivity index (χ2n) is 6.07. The van der Waals surface area contributed by atoms with Gasteiger partial charge in [-0.2, -0.15) is 0 Å². The van der Waals surface area contributed by atoms with Gasteiger partial charge in [0.15, 0.2) is 0 Å². The van der Waals surface area contributed by atoms with Gasteiger partial charge >= 0.3 is 0 Å². The molecule has 0 heterocycles. The first-order chi connectivity index (χ1) is 9.86. The van der Waals surface area contributed by atoms with Crippen molar-refractivity contribution in [3.05, 3.63) is 29.8 Å². The van der Waals surface area contributed by atoms with Crippen LogP contribution in [0.15, 0.2) is 29.2 Å². The Labute approximate surface area is 132 Å². The topological polar surface area (TPSA) is 54.4 Å². The number of benzene rings is 1. The van der Waals surface area contributed by atoms with Gasteiger partial charge in [-0.15, -0.1) is 11.8 Å². The predicted octanol–water partition coefficient (Wildman–Crippen LogP) is 3.05. The van der Waals surface area contributed by atoms with Crippen LogP contribution in [-0.2, 0) is 9.84 Å². The predicted molar refractivity (Wildman–Crippen MR) is 88.5 cm³/mol. The maximum absolute atomic E-state index is 11.7. The first-order valence-corrected chi connectivity index (χ1v) is 10.4. The highest BCUT2D eigenvalue weighted by atomic mass is 32.2. The summed E-state index contributed by atoms with van der Waals surface area (Å²) in [5.74, 6) is 0.737. The van der Waals surface area contributed by atoms with Gasteiger partial charge in [-0.25, -0.2) is 8.42 Å². The molecule has 21 heavy (non-hydrogen) atoms. The van der Waals surface area contributed by atoms with Gasteiger partial charge in [0.05, 0.1) is 11.4 Å². The fourth-order valence-corrected chi connectivity index (χ4v) is 5.03. The summed E-state index contributed by atoms with van der Waals surface area (Å²) >= 11 is 1.64. The summed E-state index contributed by atoms with van der Waals surface area (Å²) in [5, 5.41) is 10.1. The summed E-state index contributed by atoms with van der Waals surface area (Å²) in [6, 6.07) is 8.25. The molecule has 5 heteroatoms. The molecule has 3 atom stereocenters. The molecule has 118 valence electrons. The summed E-state index contributed by atoms with van der Waals surface area (Å²) in [6.45, 7) is 2.05. The zero-order valence-corrected chi connectivity index (χ0v) is 14.3. The van der Waals surface area contributed by atoms with E-state index in [1.807, 2.05) is 0 Å². The van der Waals surface area contributed by atoms with E-state index >= 15 is 0 Å². The van der Waals surface area contributed by atoms with Gasteiger partial charge in [0.2, 0.25) is 0 Å². The number of hydrogen-bond acceptors (Lipinski definition) is 4. The molecule has 0 aromatic heterocycles. The van der Waals surface area contributed by atoms with Crippen LogP contribution in [0.3, 0.4) is 0 Å². The Kier molecular flexibility index (Phi) is 5.74. The van der Waals surface area contributed by atoms with Gasteiger partial charge < -0.3 is 5.11 Å². The minimum Gasteiger partial charge on any atom is -0.392 e. The number of aliphatic hydroxyl groups is 1. The van der Waals surface area contributed by atoms with Gasteiger partial charge in [-0.1, -0.05) is 24.1 Å². The Morgan fingerprint density at radius 3 is 2.57 bits per heavy atom. The average molecular weight is 328 g/mol. The van der Waals surface area contributed by atoms with Gasteiger partial charge in [0, 0.05) is 16.9 Å². The third kappa shape index (κ3) is 5.01. The lowest BCUT2D eigenvalue weighted by molar-refractivity contribution is 0.106. The van der Waals surface area contributed by atoms with Crippen molar-refractivity contribution in [1.82, 2.24) is 0 Å². The Morgan fingerprint density at radius 1 is 1.29 bits per heavy atom. The van der Waals surface area contributed by atoms with Crippen LogP contribution >= 0.6 is 11.8 Å². The van der Waals surface area contributed by atoms with Gasteiger partial charge in [0.25, 0.3) is 0 Å². The molecule has 0 radical (unpaired) electrons. The largest absolute Gasteiger partial charge is 0.392 e. The van der Waals surface area contributed by atoms with Gasteiger partial charge in [-0.3, -0.25) is 0 Å². The second kappa shape index (κ2) is 7.16. The fourth-order valence-electron chi connectivity index (χ4n) is 2.87. The molecule has 0 spiro atoms. The molecule has 1 aromatic carbocycles. The summed E-state index contributed by atoms with van der Waals surface area (Å²) in [7, 11) is -2.98. The molecule has 2 rings (SSSR count).